The van der Waals surface area contributed by atoms with Crippen molar-refractivity contribution < 1.29 is 4.74 Å². The fraction of sp³-hybridized carbons (Fsp3) is 1.00. The van der Waals surface area contributed by atoms with Crippen molar-refractivity contribution in [2.45, 2.75) is 96.4 Å². The Morgan fingerprint density at radius 1 is 1.04 bits per heavy atom. The quantitative estimate of drug-likeness (QED) is 0.778. The molecule has 4 rings (SSSR count). The van der Waals surface area contributed by atoms with Crippen LogP contribution in [0.1, 0.15) is 73.1 Å². The summed E-state index contributed by atoms with van der Waals surface area (Å²) >= 11 is 0. The van der Waals surface area contributed by atoms with Crippen LogP contribution in [0.5, 0.6) is 0 Å². The predicted molar refractivity (Wildman–Crippen MR) is 99.3 cm³/mol. The summed E-state index contributed by atoms with van der Waals surface area (Å²) in [5.41, 5.74) is 1.10. The van der Waals surface area contributed by atoms with Crippen LogP contribution < -0.4 is 0 Å². The molecule has 0 aromatic carbocycles. The van der Waals surface area contributed by atoms with Gasteiger partial charge in [0, 0.05) is 29.1 Å². The van der Waals surface area contributed by atoms with Crippen molar-refractivity contribution in [3.05, 3.63) is 0 Å². The third kappa shape index (κ3) is 2.85. The molecule has 3 aliphatic heterocycles. The van der Waals surface area contributed by atoms with Crippen LogP contribution >= 0.6 is 0 Å². The summed E-state index contributed by atoms with van der Waals surface area (Å²) in [6.07, 6.45) is 8.75. The minimum atomic E-state index is 0.305. The van der Waals surface area contributed by atoms with E-state index in [1.54, 1.807) is 0 Å². The molecular weight excluding hydrogens is 296 g/mol. The fourth-order valence-electron chi connectivity index (χ4n) is 6.04. The molecule has 3 saturated heterocycles. The molecule has 3 atom stereocenters. The molecule has 3 unspecified atom stereocenters. The highest BCUT2D eigenvalue weighted by Gasteiger charge is 2.54. The van der Waals surface area contributed by atoms with Gasteiger partial charge in [-0.2, -0.15) is 0 Å². The van der Waals surface area contributed by atoms with Crippen LogP contribution in [-0.2, 0) is 4.74 Å². The average molecular weight is 335 g/mol. The number of ether oxygens (including phenoxy) is 1. The second kappa shape index (κ2) is 5.69. The van der Waals surface area contributed by atoms with E-state index >= 15 is 0 Å². The zero-order valence-corrected chi connectivity index (χ0v) is 16.6. The molecule has 1 saturated carbocycles. The van der Waals surface area contributed by atoms with Gasteiger partial charge in [-0.15, -0.1) is 0 Å². The number of likely N-dealkylation sites (tertiary alicyclic amines) is 2. The Bertz CT molecular complexity index is 473. The number of nitrogens with zero attached hydrogens (tertiary/aromatic N) is 2. The molecule has 4 fully saturated rings. The van der Waals surface area contributed by atoms with Gasteiger partial charge in [0.25, 0.3) is 0 Å². The van der Waals surface area contributed by atoms with E-state index in [-0.39, 0.29) is 0 Å². The van der Waals surface area contributed by atoms with E-state index in [0.29, 0.717) is 22.6 Å². The number of fused-ring (bicyclic) bond motifs is 2. The van der Waals surface area contributed by atoms with Crippen LogP contribution in [0.15, 0.2) is 0 Å². The Labute approximate surface area is 149 Å². The molecule has 1 spiro atoms. The Morgan fingerprint density at radius 3 is 2.21 bits per heavy atom. The van der Waals surface area contributed by atoms with Crippen LogP contribution in [0.3, 0.4) is 0 Å². The van der Waals surface area contributed by atoms with Crippen LogP contribution in [0.4, 0.5) is 0 Å². The summed E-state index contributed by atoms with van der Waals surface area (Å²) in [4.78, 5) is 5.50. The first-order valence-electron chi connectivity index (χ1n) is 10.3. The maximum absolute atomic E-state index is 6.18. The van der Waals surface area contributed by atoms with Crippen molar-refractivity contribution in [2.24, 2.45) is 11.3 Å². The molecule has 3 heteroatoms. The highest BCUT2D eigenvalue weighted by atomic mass is 16.5. The van der Waals surface area contributed by atoms with E-state index in [9.17, 15) is 0 Å². The SMILES string of the molecule is CC(C)(C)N1CCC2(CC1)COC2CC(C)(C)N1CC2CCC1C2. The number of hydrogen-bond donors (Lipinski definition) is 0. The lowest BCUT2D eigenvalue weighted by Crippen LogP contribution is -2.62. The molecule has 0 aromatic heterocycles. The molecule has 3 heterocycles. The minimum absolute atomic E-state index is 0.305. The average Bonchev–Trinajstić information content (AvgIpc) is 3.14. The highest BCUT2D eigenvalue weighted by molar-refractivity contribution is 5.05. The van der Waals surface area contributed by atoms with E-state index < -0.39 is 0 Å². The van der Waals surface area contributed by atoms with Crippen LogP contribution in [0, 0.1) is 11.3 Å². The van der Waals surface area contributed by atoms with Gasteiger partial charge >= 0.3 is 0 Å². The maximum atomic E-state index is 6.18. The van der Waals surface area contributed by atoms with Gasteiger partial charge in [-0.25, -0.2) is 0 Å². The molecule has 0 radical (unpaired) electrons. The molecule has 0 N–H and O–H groups in total. The minimum Gasteiger partial charge on any atom is -0.377 e. The van der Waals surface area contributed by atoms with E-state index in [1.165, 1.54) is 58.2 Å². The zero-order chi connectivity index (χ0) is 17.2. The molecule has 1 aliphatic carbocycles. The molecule has 2 bridgehead atoms. The van der Waals surface area contributed by atoms with Crippen molar-refractivity contribution >= 4 is 0 Å². The van der Waals surface area contributed by atoms with Gasteiger partial charge in [0.1, 0.15) is 0 Å². The number of rotatable bonds is 3. The summed E-state index contributed by atoms with van der Waals surface area (Å²) < 4.78 is 6.18. The smallest absolute Gasteiger partial charge is 0.0672 e. The van der Waals surface area contributed by atoms with E-state index in [1.807, 2.05) is 0 Å². The molecule has 3 nitrogen and oxygen atoms in total. The summed E-state index contributed by atoms with van der Waals surface area (Å²) in [5.74, 6) is 0.987. The van der Waals surface area contributed by atoms with Crippen molar-refractivity contribution in [1.29, 1.82) is 0 Å². The first-order valence-corrected chi connectivity index (χ1v) is 10.3. The molecule has 24 heavy (non-hydrogen) atoms. The molecule has 0 amide bonds. The Hall–Kier alpha value is -0.120. The normalized spacial score (nSPS) is 37.1. The monoisotopic (exact) mass is 334 g/mol. The first-order chi connectivity index (χ1) is 11.2. The van der Waals surface area contributed by atoms with Crippen molar-refractivity contribution in [3.8, 4) is 0 Å². The van der Waals surface area contributed by atoms with E-state index in [0.717, 1.165) is 18.6 Å². The van der Waals surface area contributed by atoms with E-state index in [4.69, 9.17) is 4.74 Å². The van der Waals surface area contributed by atoms with Crippen LogP contribution in [0.25, 0.3) is 0 Å². The Balaban J connectivity index is 1.37. The Morgan fingerprint density at radius 2 is 1.75 bits per heavy atom. The van der Waals surface area contributed by atoms with Gasteiger partial charge in [0.2, 0.25) is 0 Å². The fourth-order valence-corrected chi connectivity index (χ4v) is 6.04. The summed E-state index contributed by atoms with van der Waals surface area (Å²) in [5, 5.41) is 0. The highest BCUT2D eigenvalue weighted by Crippen LogP contribution is 2.50. The van der Waals surface area contributed by atoms with Crippen LogP contribution in [-0.4, -0.2) is 59.3 Å². The van der Waals surface area contributed by atoms with Gasteiger partial charge in [-0.1, -0.05) is 0 Å². The Kier molecular flexibility index (Phi) is 4.10. The van der Waals surface area contributed by atoms with Gasteiger partial charge in [-0.05, 0) is 92.2 Å². The third-order valence-corrected chi connectivity index (χ3v) is 7.83. The van der Waals surface area contributed by atoms with Crippen LogP contribution in [0.2, 0.25) is 0 Å². The standard InChI is InChI=1S/C21H38N2O/c1-19(2,3)22-10-8-21(9-11-22)15-24-18(21)13-20(4,5)23-14-16-6-7-17(23)12-16/h16-18H,6-15H2,1-5H3. The number of piperidine rings is 2. The van der Waals surface area contributed by atoms with Gasteiger partial charge in [0.15, 0.2) is 0 Å². The van der Waals surface area contributed by atoms with Gasteiger partial charge in [0.05, 0.1) is 12.7 Å². The second-order valence-corrected chi connectivity index (χ2v) is 10.8. The lowest BCUT2D eigenvalue weighted by Gasteiger charge is -2.57. The van der Waals surface area contributed by atoms with Crippen molar-refractivity contribution in [3.63, 3.8) is 0 Å². The number of hydrogen-bond acceptors (Lipinski definition) is 3. The van der Waals surface area contributed by atoms with Gasteiger partial charge in [-0.3, -0.25) is 9.80 Å². The molecule has 138 valence electrons. The zero-order valence-electron chi connectivity index (χ0n) is 16.6. The topological polar surface area (TPSA) is 15.7 Å². The molecule has 4 aliphatic rings. The summed E-state index contributed by atoms with van der Waals surface area (Å²) in [6.45, 7) is 16.9. The van der Waals surface area contributed by atoms with E-state index in [2.05, 4.69) is 44.4 Å². The van der Waals surface area contributed by atoms with Gasteiger partial charge < -0.3 is 4.74 Å². The third-order valence-electron chi connectivity index (χ3n) is 7.83. The maximum Gasteiger partial charge on any atom is 0.0672 e. The van der Waals surface area contributed by atoms with Crippen molar-refractivity contribution in [1.82, 2.24) is 9.80 Å². The predicted octanol–water partition coefficient (Wildman–Crippen LogP) is 3.92. The molecule has 0 aromatic rings. The van der Waals surface area contributed by atoms with Crippen molar-refractivity contribution in [2.75, 3.05) is 26.2 Å². The second-order valence-electron chi connectivity index (χ2n) is 10.8. The lowest BCUT2D eigenvalue weighted by atomic mass is 9.67. The molecular formula is C21H38N2O. The lowest BCUT2D eigenvalue weighted by molar-refractivity contribution is -0.223. The summed E-state index contributed by atoms with van der Waals surface area (Å²) in [6, 6.07) is 0.865. The largest absolute Gasteiger partial charge is 0.377 e. The summed E-state index contributed by atoms with van der Waals surface area (Å²) in [7, 11) is 0. The first kappa shape index (κ1) is 17.3.